The van der Waals surface area contributed by atoms with E-state index in [2.05, 4.69) is 28.0 Å². The third kappa shape index (κ3) is 11.8. The van der Waals surface area contributed by atoms with Crippen LogP contribution in [0.2, 0.25) is 0 Å². The van der Waals surface area contributed by atoms with Gasteiger partial charge < -0.3 is 33.4 Å². The molecule has 42 heavy (non-hydrogen) atoms. The van der Waals surface area contributed by atoms with Crippen molar-refractivity contribution in [2.45, 2.75) is 102 Å². The molecule has 0 unspecified atom stereocenters. The summed E-state index contributed by atoms with van der Waals surface area (Å²) in [6.45, 7) is 4.40. The predicted octanol–water partition coefficient (Wildman–Crippen LogP) is 4.85. The maximum absolute atomic E-state index is 12.8. The van der Waals surface area contributed by atoms with Crippen LogP contribution >= 0.6 is 0 Å². The Kier molecular flexibility index (Phi) is 13.8. The largest absolute Gasteiger partial charge is 0.462 e. The summed E-state index contributed by atoms with van der Waals surface area (Å²) in [6.07, 6.45) is 13.6. The summed E-state index contributed by atoms with van der Waals surface area (Å²) in [5.74, 6) is -0.320. The van der Waals surface area contributed by atoms with Gasteiger partial charge in [-0.25, -0.2) is 14.6 Å². The van der Waals surface area contributed by atoms with E-state index in [1.165, 1.54) is 13.2 Å². The average Bonchev–Trinajstić information content (AvgIpc) is 3.39. The van der Waals surface area contributed by atoms with Crippen molar-refractivity contribution in [1.29, 1.82) is 0 Å². The van der Waals surface area contributed by atoms with Gasteiger partial charge in [0.15, 0.2) is 0 Å². The van der Waals surface area contributed by atoms with Crippen molar-refractivity contribution in [3.05, 3.63) is 47.7 Å². The summed E-state index contributed by atoms with van der Waals surface area (Å²) in [4.78, 5) is 40.8. The highest BCUT2D eigenvalue weighted by molar-refractivity contribution is 5.82. The number of carbonyl (C=O) groups excluding carboxylic acids is 3. The van der Waals surface area contributed by atoms with E-state index in [9.17, 15) is 14.4 Å². The molecule has 0 spiro atoms. The van der Waals surface area contributed by atoms with Crippen LogP contribution in [-0.4, -0.2) is 74.3 Å². The molecule has 1 aromatic rings. The van der Waals surface area contributed by atoms with Crippen LogP contribution in [0.3, 0.4) is 0 Å². The number of nitrogens with zero attached hydrogens (tertiary/aromatic N) is 1. The molecule has 5 atom stereocenters. The fourth-order valence-corrected chi connectivity index (χ4v) is 5.11. The number of cyclic esters (lactones) is 1. The maximum atomic E-state index is 12.8. The molecule has 232 valence electrons. The van der Waals surface area contributed by atoms with Crippen LogP contribution in [0, 0.1) is 0 Å². The van der Waals surface area contributed by atoms with Crippen molar-refractivity contribution < 1.29 is 42.5 Å². The number of hydrogen-bond donors (Lipinski definition) is 1. The number of amides is 1. The first-order valence-electron chi connectivity index (χ1n) is 14.6. The number of carbonyl (C=O) groups is 3. The Hall–Kier alpha value is -3.44. The zero-order valence-corrected chi connectivity index (χ0v) is 25.0. The second kappa shape index (κ2) is 17.5. The number of oxazole rings is 1. The second-order valence-corrected chi connectivity index (χ2v) is 10.6. The van der Waals surface area contributed by atoms with Crippen molar-refractivity contribution in [1.82, 2.24) is 10.3 Å². The van der Waals surface area contributed by atoms with E-state index >= 15 is 0 Å². The van der Waals surface area contributed by atoms with E-state index in [1.807, 2.05) is 6.92 Å². The van der Waals surface area contributed by atoms with Crippen LogP contribution < -0.4 is 5.32 Å². The Morgan fingerprint density at radius 1 is 1.14 bits per heavy atom. The third-order valence-electron chi connectivity index (χ3n) is 7.05. The molecule has 2 aliphatic rings. The van der Waals surface area contributed by atoms with Crippen LogP contribution in [0.1, 0.15) is 76.8 Å². The molecule has 0 aromatic carbocycles. The third-order valence-corrected chi connectivity index (χ3v) is 7.05. The lowest BCUT2D eigenvalue weighted by Gasteiger charge is -2.34. The minimum Gasteiger partial charge on any atom is -0.462 e. The first kappa shape index (κ1) is 33.1. The van der Waals surface area contributed by atoms with Crippen molar-refractivity contribution in [2.75, 3.05) is 20.8 Å². The summed E-state index contributed by atoms with van der Waals surface area (Å²) in [7, 11) is 2.98. The highest BCUT2D eigenvalue weighted by atomic mass is 16.6. The molecule has 11 nitrogen and oxygen atoms in total. The molecule has 1 fully saturated rings. The number of aromatic nitrogens is 1. The molecule has 3 heterocycles. The molecule has 3 rings (SSSR count). The standard InChI is InChI=1S/C31H44N2O9/c1-5-9-23-16-24(37-3)14-21(2)15-25-17-26(18-27(40-25)19-30(35)41-23)42-29(34)12-7-6-10-22-20-39-28(33-22)11-8-13-32-31(36)38-4/h7-8,11-12,15,20,23-27H,5-6,9-10,13-14,16-19H2,1-4H3,(H,32,36)/b11-8-,12-7-,21-15-/t23-,24-,25-,26+,27-/m0/s1. The highest BCUT2D eigenvalue weighted by Gasteiger charge is 2.33. The number of fused-ring (bicyclic) bond motifs is 2. The highest BCUT2D eigenvalue weighted by Crippen LogP contribution is 2.29. The Labute approximate surface area is 247 Å². The Morgan fingerprint density at radius 3 is 2.74 bits per heavy atom. The molecule has 2 aliphatic heterocycles. The van der Waals surface area contributed by atoms with E-state index < -0.39 is 18.2 Å². The van der Waals surface area contributed by atoms with Gasteiger partial charge in [-0.1, -0.05) is 37.1 Å². The van der Waals surface area contributed by atoms with Gasteiger partial charge in [-0.05, 0) is 38.7 Å². The summed E-state index contributed by atoms with van der Waals surface area (Å²) in [6, 6.07) is 0. The molecule has 1 N–H and O–H groups in total. The lowest BCUT2D eigenvalue weighted by Crippen LogP contribution is -2.39. The number of alkyl carbamates (subject to hydrolysis) is 1. The average molecular weight is 589 g/mol. The summed E-state index contributed by atoms with van der Waals surface area (Å²) in [5.41, 5.74) is 1.87. The van der Waals surface area contributed by atoms with E-state index in [0.29, 0.717) is 44.4 Å². The zero-order chi connectivity index (χ0) is 30.3. The van der Waals surface area contributed by atoms with Gasteiger partial charge >= 0.3 is 18.0 Å². The molecule has 2 bridgehead atoms. The molecular formula is C31H44N2O9. The van der Waals surface area contributed by atoms with Gasteiger partial charge in [0.05, 0.1) is 37.5 Å². The minimum atomic E-state index is -0.516. The van der Waals surface area contributed by atoms with Crippen molar-refractivity contribution in [3.8, 4) is 0 Å². The summed E-state index contributed by atoms with van der Waals surface area (Å²) >= 11 is 0. The first-order chi connectivity index (χ1) is 20.3. The normalized spacial score (nSPS) is 26.5. The zero-order valence-electron chi connectivity index (χ0n) is 25.0. The number of hydrogen-bond acceptors (Lipinski definition) is 10. The number of rotatable bonds is 11. The maximum Gasteiger partial charge on any atom is 0.407 e. The van der Waals surface area contributed by atoms with E-state index in [1.54, 1.807) is 31.6 Å². The van der Waals surface area contributed by atoms with Gasteiger partial charge in [-0.3, -0.25) is 4.79 Å². The summed E-state index contributed by atoms with van der Waals surface area (Å²) < 4.78 is 33.3. The van der Waals surface area contributed by atoms with Gasteiger partial charge in [0.25, 0.3) is 0 Å². The molecule has 0 aliphatic carbocycles. The lowest BCUT2D eigenvalue weighted by atomic mass is 9.95. The Balaban J connectivity index is 1.51. The molecular weight excluding hydrogens is 544 g/mol. The van der Waals surface area contributed by atoms with Crippen LogP contribution in [0.5, 0.6) is 0 Å². The predicted molar refractivity (Wildman–Crippen MR) is 154 cm³/mol. The van der Waals surface area contributed by atoms with Gasteiger partial charge in [0.1, 0.15) is 18.5 Å². The number of methoxy groups -OCH3 is 2. The number of esters is 2. The first-order valence-corrected chi connectivity index (χ1v) is 14.6. The van der Waals surface area contributed by atoms with Crippen molar-refractivity contribution >= 4 is 24.1 Å². The SMILES string of the molecule is CCC[C@H]1C[C@@H](OC)C/C(C)=C\[C@H]2C[C@@H](OC(=O)/C=C\CCc3coc(/C=C\CNC(=O)OC)n3)C[C@@H](CC(=O)O1)O2. The van der Waals surface area contributed by atoms with Gasteiger partial charge in [0.2, 0.25) is 5.89 Å². The molecule has 0 saturated carbocycles. The fraction of sp³-hybridized carbons (Fsp3) is 0.613. The Bertz CT molecular complexity index is 1110. The molecule has 1 aromatic heterocycles. The van der Waals surface area contributed by atoms with Gasteiger partial charge in [-0.15, -0.1) is 0 Å². The van der Waals surface area contributed by atoms with E-state index in [0.717, 1.165) is 24.1 Å². The number of allylic oxidation sites excluding steroid dienone is 1. The van der Waals surface area contributed by atoms with Crippen LogP contribution in [0.15, 0.2) is 40.6 Å². The molecule has 0 radical (unpaired) electrons. The van der Waals surface area contributed by atoms with E-state index in [-0.39, 0.29) is 43.4 Å². The Morgan fingerprint density at radius 2 is 1.98 bits per heavy atom. The molecule has 1 saturated heterocycles. The molecule has 1 amide bonds. The molecule has 11 heteroatoms. The van der Waals surface area contributed by atoms with Gasteiger partial charge in [-0.2, -0.15) is 0 Å². The van der Waals surface area contributed by atoms with Crippen LogP contribution in [0.4, 0.5) is 4.79 Å². The van der Waals surface area contributed by atoms with E-state index in [4.69, 9.17) is 23.4 Å². The van der Waals surface area contributed by atoms with Crippen molar-refractivity contribution in [2.24, 2.45) is 0 Å². The number of aryl methyl sites for hydroxylation is 1. The quantitative estimate of drug-likeness (QED) is 0.165. The van der Waals surface area contributed by atoms with Crippen molar-refractivity contribution in [3.63, 3.8) is 0 Å². The second-order valence-electron chi connectivity index (χ2n) is 10.6. The lowest BCUT2D eigenvalue weighted by molar-refractivity contribution is -0.163. The van der Waals surface area contributed by atoms with Crippen LogP contribution in [-0.2, 0) is 39.7 Å². The minimum absolute atomic E-state index is 0.0567. The number of ether oxygens (including phenoxy) is 5. The monoisotopic (exact) mass is 588 g/mol. The number of nitrogens with one attached hydrogen (secondary N) is 1. The van der Waals surface area contributed by atoms with Gasteiger partial charge in [0, 0.05) is 39.0 Å². The van der Waals surface area contributed by atoms with Crippen LogP contribution in [0.25, 0.3) is 6.08 Å². The fourth-order valence-electron chi connectivity index (χ4n) is 5.11. The topological polar surface area (TPSA) is 135 Å². The summed E-state index contributed by atoms with van der Waals surface area (Å²) in [5, 5.41) is 2.53. The smallest absolute Gasteiger partial charge is 0.407 e.